The summed E-state index contributed by atoms with van der Waals surface area (Å²) in [4.78, 5) is 21.4. The molecular formula is C19H18ClN3O2S. The Hall–Kier alpha value is -2.05. The van der Waals surface area contributed by atoms with Crippen LogP contribution in [-0.2, 0) is 12.0 Å². The van der Waals surface area contributed by atoms with Crippen LogP contribution in [0.25, 0.3) is 0 Å². The molecule has 0 aliphatic carbocycles. The van der Waals surface area contributed by atoms with Crippen molar-refractivity contribution in [1.82, 2.24) is 4.98 Å². The number of aromatic nitrogens is 1. The number of carbonyl (C=O) groups is 1. The quantitative estimate of drug-likeness (QED) is 0.814. The lowest BCUT2D eigenvalue weighted by Crippen LogP contribution is -2.36. The number of hydrogen-bond acceptors (Lipinski definition) is 6. The van der Waals surface area contributed by atoms with E-state index >= 15 is 0 Å². The lowest BCUT2D eigenvalue weighted by molar-refractivity contribution is 0.0988. The van der Waals surface area contributed by atoms with Gasteiger partial charge in [-0.3, -0.25) is 14.8 Å². The number of amidine groups is 1. The third kappa shape index (κ3) is 3.31. The van der Waals surface area contributed by atoms with Crippen LogP contribution >= 0.6 is 23.4 Å². The molecule has 0 bridgehead atoms. The summed E-state index contributed by atoms with van der Waals surface area (Å²) >= 11 is 7.43. The molecule has 2 aliphatic heterocycles. The van der Waals surface area contributed by atoms with E-state index in [1.807, 2.05) is 18.2 Å². The average molecular weight is 388 g/mol. The summed E-state index contributed by atoms with van der Waals surface area (Å²) in [5, 5.41) is 1.14. The molecule has 0 amide bonds. The summed E-state index contributed by atoms with van der Waals surface area (Å²) < 4.78 is 5.82. The number of halogens is 1. The Morgan fingerprint density at radius 2 is 2.19 bits per heavy atom. The standard InChI is InChI=1S/C19H18ClN3O2S/c20-13-2-3-15(22-11-13)16(24)10-12-1-4-17-14(9-12)19(5-7-25-17)6-8-26-18(21)23-19/h1-4,9,11H,5-8,10H2,(H2,21,23). The smallest absolute Gasteiger partial charge is 0.185 e. The number of Topliss-reactive ketones (excluding diaryl/α,β-unsaturated/α-hetero) is 1. The highest BCUT2D eigenvalue weighted by atomic mass is 35.5. The van der Waals surface area contributed by atoms with E-state index < -0.39 is 0 Å². The van der Waals surface area contributed by atoms with Crippen LogP contribution in [0.3, 0.4) is 0 Å². The molecule has 1 atom stereocenters. The molecule has 0 saturated heterocycles. The number of ether oxygens (including phenoxy) is 1. The maximum absolute atomic E-state index is 12.5. The summed E-state index contributed by atoms with van der Waals surface area (Å²) in [5.74, 6) is 1.72. The van der Waals surface area contributed by atoms with Crippen molar-refractivity contribution in [3.05, 3.63) is 58.4 Å². The number of nitrogens with zero attached hydrogens (tertiary/aromatic N) is 2. The molecule has 134 valence electrons. The zero-order chi connectivity index (χ0) is 18.1. The number of pyridine rings is 1. The third-order valence-electron chi connectivity index (χ3n) is 4.79. The Labute approximate surface area is 161 Å². The van der Waals surface area contributed by atoms with E-state index in [2.05, 4.69) is 4.98 Å². The van der Waals surface area contributed by atoms with Crippen LogP contribution in [0, 0.1) is 0 Å². The molecule has 4 rings (SSSR count). The van der Waals surface area contributed by atoms with Crippen molar-refractivity contribution < 1.29 is 9.53 Å². The third-order valence-corrected chi connectivity index (χ3v) is 5.80. The summed E-state index contributed by atoms with van der Waals surface area (Å²) in [5.41, 5.74) is 8.03. The summed E-state index contributed by atoms with van der Waals surface area (Å²) in [7, 11) is 0. The summed E-state index contributed by atoms with van der Waals surface area (Å²) in [6.07, 6.45) is 3.48. The number of nitrogens with two attached hydrogens (primary N) is 1. The zero-order valence-electron chi connectivity index (χ0n) is 14.1. The van der Waals surface area contributed by atoms with Gasteiger partial charge in [0, 0.05) is 30.4 Å². The molecular weight excluding hydrogens is 370 g/mol. The Bertz CT molecular complexity index is 885. The number of benzene rings is 1. The highest BCUT2D eigenvalue weighted by molar-refractivity contribution is 8.13. The van der Waals surface area contributed by atoms with Crippen molar-refractivity contribution in [2.24, 2.45) is 10.7 Å². The topological polar surface area (TPSA) is 77.6 Å². The second-order valence-corrected chi connectivity index (χ2v) is 8.02. The average Bonchev–Trinajstić information content (AvgIpc) is 2.63. The van der Waals surface area contributed by atoms with Gasteiger partial charge in [-0.2, -0.15) is 0 Å². The molecule has 2 aliphatic rings. The SMILES string of the molecule is NC1=NC2(CCOc3ccc(CC(=O)c4ccc(Cl)cn4)cc32)CCS1. The van der Waals surface area contributed by atoms with Gasteiger partial charge in [0.05, 0.1) is 17.2 Å². The molecule has 5 nitrogen and oxygen atoms in total. The Kier molecular flexibility index (Phi) is 4.63. The first kappa shape index (κ1) is 17.4. The number of aliphatic imine (C=N–C) groups is 1. The molecule has 0 saturated carbocycles. The minimum absolute atomic E-state index is 0.0467. The zero-order valence-corrected chi connectivity index (χ0v) is 15.6. The molecule has 7 heteroatoms. The van der Waals surface area contributed by atoms with E-state index in [-0.39, 0.29) is 17.7 Å². The van der Waals surface area contributed by atoms with E-state index in [0.29, 0.717) is 22.5 Å². The largest absolute Gasteiger partial charge is 0.493 e. The lowest BCUT2D eigenvalue weighted by Gasteiger charge is -2.38. The van der Waals surface area contributed by atoms with Crippen LogP contribution in [0.5, 0.6) is 5.75 Å². The van der Waals surface area contributed by atoms with Gasteiger partial charge < -0.3 is 10.5 Å². The number of thioether (sulfide) groups is 1. The van der Waals surface area contributed by atoms with Gasteiger partial charge in [-0.1, -0.05) is 29.4 Å². The van der Waals surface area contributed by atoms with Gasteiger partial charge in [-0.25, -0.2) is 0 Å². The molecule has 1 unspecified atom stereocenters. The number of fused-ring (bicyclic) bond motifs is 2. The molecule has 2 N–H and O–H groups in total. The minimum atomic E-state index is -0.333. The van der Waals surface area contributed by atoms with Crippen molar-refractivity contribution in [3.8, 4) is 5.75 Å². The van der Waals surface area contributed by atoms with E-state index in [1.54, 1.807) is 23.9 Å². The van der Waals surface area contributed by atoms with Gasteiger partial charge in [-0.05, 0) is 36.2 Å². The first-order valence-corrected chi connectivity index (χ1v) is 9.81. The predicted molar refractivity (Wildman–Crippen MR) is 104 cm³/mol. The lowest BCUT2D eigenvalue weighted by atomic mass is 9.81. The second-order valence-electron chi connectivity index (χ2n) is 6.47. The fourth-order valence-electron chi connectivity index (χ4n) is 3.46. The van der Waals surface area contributed by atoms with Crippen molar-refractivity contribution >= 4 is 34.3 Å². The molecule has 0 fully saturated rings. The van der Waals surface area contributed by atoms with Crippen LogP contribution in [-0.4, -0.2) is 28.3 Å². The van der Waals surface area contributed by atoms with Crippen LogP contribution in [0.2, 0.25) is 5.02 Å². The molecule has 3 heterocycles. The number of rotatable bonds is 3. The molecule has 26 heavy (non-hydrogen) atoms. The summed E-state index contributed by atoms with van der Waals surface area (Å²) in [6.45, 7) is 0.626. The molecule has 2 aromatic rings. The maximum Gasteiger partial charge on any atom is 0.185 e. The highest BCUT2D eigenvalue weighted by Crippen LogP contribution is 2.45. The second kappa shape index (κ2) is 6.93. The van der Waals surface area contributed by atoms with Crippen molar-refractivity contribution in [3.63, 3.8) is 0 Å². The normalized spacial score (nSPS) is 21.7. The molecule has 1 spiro atoms. The van der Waals surface area contributed by atoms with Crippen molar-refractivity contribution in [1.29, 1.82) is 0 Å². The van der Waals surface area contributed by atoms with E-state index in [1.165, 1.54) is 6.20 Å². The Balaban J connectivity index is 1.65. The van der Waals surface area contributed by atoms with E-state index in [9.17, 15) is 4.79 Å². The number of carbonyl (C=O) groups excluding carboxylic acids is 1. The highest BCUT2D eigenvalue weighted by Gasteiger charge is 2.39. The van der Waals surface area contributed by atoms with Crippen LogP contribution in [0.4, 0.5) is 0 Å². The predicted octanol–water partition coefficient (Wildman–Crippen LogP) is 3.59. The Morgan fingerprint density at radius 3 is 2.96 bits per heavy atom. The Morgan fingerprint density at radius 1 is 1.31 bits per heavy atom. The van der Waals surface area contributed by atoms with E-state index in [0.717, 1.165) is 35.5 Å². The first-order chi connectivity index (χ1) is 12.6. The monoisotopic (exact) mass is 387 g/mol. The maximum atomic E-state index is 12.5. The van der Waals surface area contributed by atoms with Gasteiger partial charge in [-0.15, -0.1) is 0 Å². The van der Waals surface area contributed by atoms with Crippen molar-refractivity contribution in [2.75, 3.05) is 12.4 Å². The minimum Gasteiger partial charge on any atom is -0.493 e. The van der Waals surface area contributed by atoms with Crippen LogP contribution in [0.1, 0.15) is 34.5 Å². The summed E-state index contributed by atoms with van der Waals surface area (Å²) in [6, 6.07) is 9.22. The molecule has 0 radical (unpaired) electrons. The number of hydrogen-bond donors (Lipinski definition) is 1. The van der Waals surface area contributed by atoms with Crippen LogP contribution in [0.15, 0.2) is 41.5 Å². The van der Waals surface area contributed by atoms with Gasteiger partial charge in [0.2, 0.25) is 0 Å². The van der Waals surface area contributed by atoms with Gasteiger partial charge in [0.15, 0.2) is 11.0 Å². The number of ketones is 1. The fraction of sp³-hybridized carbons (Fsp3) is 0.316. The van der Waals surface area contributed by atoms with Crippen molar-refractivity contribution in [2.45, 2.75) is 24.8 Å². The van der Waals surface area contributed by atoms with E-state index in [4.69, 9.17) is 27.1 Å². The first-order valence-electron chi connectivity index (χ1n) is 8.45. The van der Waals surface area contributed by atoms with Gasteiger partial charge >= 0.3 is 0 Å². The molecule has 1 aromatic heterocycles. The fourth-order valence-corrected chi connectivity index (χ4v) is 4.46. The van der Waals surface area contributed by atoms with Gasteiger partial charge in [0.1, 0.15) is 11.4 Å². The van der Waals surface area contributed by atoms with Crippen LogP contribution < -0.4 is 10.5 Å². The molecule has 1 aromatic carbocycles. The van der Waals surface area contributed by atoms with Gasteiger partial charge in [0.25, 0.3) is 0 Å².